The molecule has 0 saturated carbocycles. The number of phenolic OH excluding ortho intramolecular Hbond substituents is 1. The van der Waals surface area contributed by atoms with Gasteiger partial charge >= 0.3 is 5.97 Å². The number of hydrogen-bond donors (Lipinski definition) is 1. The van der Waals surface area contributed by atoms with Crippen LogP contribution in [0.25, 0.3) is 52.2 Å². The molecule has 0 unspecified atom stereocenters. The number of anilines is 2. The average molecular weight is 735 g/mol. The molecule has 52 heavy (non-hydrogen) atoms. The van der Waals surface area contributed by atoms with Crippen LogP contribution in [-0.2, 0) is 4.79 Å². The molecule has 13 nitrogen and oxygen atoms in total. The highest BCUT2D eigenvalue weighted by atomic mass is 32.1. The molecular weight excluding hydrogens is 701 g/mol. The number of aromatic nitrogens is 6. The van der Waals surface area contributed by atoms with Gasteiger partial charge in [-0.05, 0) is 60.7 Å². The zero-order valence-electron chi connectivity index (χ0n) is 28.1. The molecule has 6 heterocycles. The maximum atomic E-state index is 13.0. The van der Waals surface area contributed by atoms with Crippen molar-refractivity contribution in [2.45, 2.75) is 14.4 Å². The molecule has 0 saturated heterocycles. The summed E-state index contributed by atoms with van der Waals surface area (Å²) >= 11 is 2.69. The van der Waals surface area contributed by atoms with E-state index in [4.69, 9.17) is 4.74 Å². The first kappa shape index (κ1) is 35.6. The molecule has 0 aliphatic rings. The zero-order valence-corrected chi connectivity index (χ0v) is 29.7. The highest BCUT2D eigenvalue weighted by Crippen LogP contribution is 2.36. The van der Waals surface area contributed by atoms with Crippen molar-refractivity contribution in [1.82, 2.24) is 29.1 Å². The van der Waals surface area contributed by atoms with E-state index in [9.17, 15) is 19.5 Å². The number of rotatable bonds is 5. The van der Waals surface area contributed by atoms with Crippen LogP contribution in [0.3, 0.4) is 0 Å². The zero-order chi connectivity index (χ0) is 36.0. The minimum absolute atomic E-state index is 0. The second-order valence-electron chi connectivity index (χ2n) is 11.8. The van der Waals surface area contributed by atoms with Gasteiger partial charge in [-0.1, -0.05) is 7.43 Å². The van der Waals surface area contributed by atoms with Crippen LogP contribution in [0.5, 0.6) is 11.5 Å². The van der Waals surface area contributed by atoms with Crippen molar-refractivity contribution >= 4 is 80.9 Å². The maximum absolute atomic E-state index is 13.0. The number of carbonyl (C=O) groups is 1. The van der Waals surface area contributed by atoms with Crippen molar-refractivity contribution in [3.63, 3.8) is 0 Å². The molecule has 0 aliphatic heterocycles. The van der Waals surface area contributed by atoms with Crippen molar-refractivity contribution in [3.8, 4) is 22.9 Å². The predicted molar refractivity (Wildman–Crippen MR) is 209 cm³/mol. The molecule has 0 amide bonds. The van der Waals surface area contributed by atoms with Gasteiger partial charge in [0.2, 0.25) is 0 Å². The number of aromatic hydroxyl groups is 1. The number of nitrogens with zero attached hydrogens (tertiary/aromatic N) is 8. The van der Waals surface area contributed by atoms with Gasteiger partial charge in [0, 0.05) is 47.5 Å². The first-order valence-corrected chi connectivity index (χ1v) is 17.2. The van der Waals surface area contributed by atoms with Gasteiger partial charge in [-0.15, -0.1) is 22.7 Å². The fourth-order valence-corrected chi connectivity index (χ4v) is 7.74. The number of fused-ring (bicyclic) bond motifs is 6. The maximum Gasteiger partial charge on any atom is 0.308 e. The molecule has 8 aromatic rings. The van der Waals surface area contributed by atoms with Crippen LogP contribution < -0.4 is 25.7 Å². The van der Waals surface area contributed by atoms with Crippen molar-refractivity contribution in [2.24, 2.45) is 0 Å². The number of benzene rings is 2. The van der Waals surface area contributed by atoms with Gasteiger partial charge in [-0.2, -0.15) is 0 Å². The Balaban J connectivity index is 0.000000176. The van der Waals surface area contributed by atoms with Crippen LogP contribution in [0.1, 0.15) is 14.4 Å². The Morgan fingerprint density at radius 3 is 1.50 bits per heavy atom. The summed E-state index contributed by atoms with van der Waals surface area (Å²) in [4.78, 5) is 60.4. The second-order valence-corrected chi connectivity index (χ2v) is 13.8. The largest absolute Gasteiger partial charge is 0.508 e. The lowest BCUT2D eigenvalue weighted by molar-refractivity contribution is -0.131. The minimum atomic E-state index is -0.391. The van der Waals surface area contributed by atoms with Crippen LogP contribution in [0, 0.1) is 0 Å². The topological polar surface area (TPSA) is 149 Å². The molecular formula is C37H34N8O5S2. The summed E-state index contributed by atoms with van der Waals surface area (Å²) in [7, 11) is 7.81. The third kappa shape index (κ3) is 6.42. The molecule has 0 fully saturated rings. The Bertz CT molecular complexity index is 2720. The van der Waals surface area contributed by atoms with E-state index in [2.05, 4.69) is 19.9 Å². The number of pyridine rings is 2. The highest BCUT2D eigenvalue weighted by molar-refractivity contribution is 7.25. The fraction of sp³-hybridized carbons (Fsp3) is 0.162. The first-order valence-electron chi connectivity index (χ1n) is 15.5. The third-order valence-corrected chi connectivity index (χ3v) is 10.1. The van der Waals surface area contributed by atoms with Gasteiger partial charge in [0.05, 0.1) is 44.6 Å². The highest BCUT2D eigenvalue weighted by Gasteiger charge is 2.18. The van der Waals surface area contributed by atoms with Gasteiger partial charge < -0.3 is 19.6 Å². The van der Waals surface area contributed by atoms with E-state index in [0.29, 0.717) is 37.6 Å². The Morgan fingerprint density at radius 2 is 1.10 bits per heavy atom. The lowest BCUT2D eigenvalue weighted by Gasteiger charge is -2.13. The van der Waals surface area contributed by atoms with Gasteiger partial charge in [-0.3, -0.25) is 23.5 Å². The summed E-state index contributed by atoms with van der Waals surface area (Å²) in [6.07, 6.45) is 6.52. The van der Waals surface area contributed by atoms with Crippen LogP contribution in [0.15, 0.2) is 95.3 Å². The van der Waals surface area contributed by atoms with Crippen molar-refractivity contribution in [3.05, 3.63) is 106 Å². The first-order chi connectivity index (χ1) is 24.5. The van der Waals surface area contributed by atoms with Gasteiger partial charge in [0.1, 0.15) is 43.2 Å². The Hall–Kier alpha value is -6.19. The van der Waals surface area contributed by atoms with Gasteiger partial charge in [0.15, 0.2) is 0 Å². The van der Waals surface area contributed by atoms with Crippen LogP contribution in [0.4, 0.5) is 11.4 Å². The van der Waals surface area contributed by atoms with E-state index in [1.165, 1.54) is 51.4 Å². The van der Waals surface area contributed by atoms with Crippen molar-refractivity contribution < 1.29 is 14.6 Å². The number of esters is 1. The standard InChI is InChI=1S/C19H16N4O3S.C17H14N4O2S.CH4/c1-11(24)26-13-6-4-12(5-7-13)23-10-21-16-15-14(22(2)3)8-9-20-18(15)27-17(16)19(23)25;1-20(2)12-7-8-18-16-13(12)14-15(24-16)17(23)21(9-19-14)10-3-5-11(22)6-4-10;/h4-10H,1-3H3;3-9,22H,1-2H3;1H4. The quantitative estimate of drug-likeness (QED) is 0.155. The summed E-state index contributed by atoms with van der Waals surface area (Å²) in [5, 5.41) is 11.2. The average Bonchev–Trinajstić information content (AvgIpc) is 3.69. The number of thiophene rings is 2. The van der Waals surface area contributed by atoms with Crippen LogP contribution >= 0.6 is 22.7 Å². The van der Waals surface area contributed by atoms with Gasteiger partial charge in [0.25, 0.3) is 11.1 Å². The number of phenols is 1. The monoisotopic (exact) mass is 734 g/mol. The Kier molecular flexibility index (Phi) is 9.73. The lowest BCUT2D eigenvalue weighted by Crippen LogP contribution is -2.17. The molecule has 0 radical (unpaired) electrons. The van der Waals surface area contributed by atoms with Crippen molar-refractivity contribution in [2.75, 3.05) is 38.0 Å². The van der Waals surface area contributed by atoms with E-state index in [1.54, 1.807) is 60.9 Å². The summed E-state index contributed by atoms with van der Waals surface area (Å²) in [5.74, 6) is 0.190. The molecule has 15 heteroatoms. The second kappa shape index (κ2) is 14.2. The molecule has 0 spiro atoms. The molecule has 2 aromatic carbocycles. The number of carbonyl (C=O) groups excluding carboxylic acids is 1. The molecule has 0 aliphatic carbocycles. The molecule has 0 atom stereocenters. The molecule has 264 valence electrons. The van der Waals surface area contributed by atoms with Crippen molar-refractivity contribution in [1.29, 1.82) is 0 Å². The van der Waals surface area contributed by atoms with E-state index < -0.39 is 5.97 Å². The third-order valence-electron chi connectivity index (χ3n) is 7.99. The summed E-state index contributed by atoms with van der Waals surface area (Å²) in [6, 6.07) is 17.0. The molecule has 0 bridgehead atoms. The van der Waals surface area contributed by atoms with E-state index >= 15 is 0 Å². The Morgan fingerprint density at radius 1 is 0.673 bits per heavy atom. The Labute approximate surface area is 305 Å². The molecule has 8 rings (SSSR count). The summed E-state index contributed by atoms with van der Waals surface area (Å²) < 4.78 is 9.11. The minimum Gasteiger partial charge on any atom is -0.508 e. The molecule has 6 aromatic heterocycles. The van der Waals surface area contributed by atoms with E-state index in [1.807, 2.05) is 50.1 Å². The molecule has 1 N–H and O–H groups in total. The predicted octanol–water partition coefficient (Wildman–Crippen LogP) is 6.39. The normalized spacial score (nSPS) is 10.9. The lowest BCUT2D eigenvalue weighted by atomic mass is 10.2. The fourth-order valence-electron chi connectivity index (χ4n) is 5.64. The van der Waals surface area contributed by atoms with Gasteiger partial charge in [-0.25, -0.2) is 19.9 Å². The SMILES string of the molecule is C.CC(=O)Oc1ccc(-n2cnc3c(sc4nccc(N(C)C)c43)c2=O)cc1.CN(C)c1ccnc2sc3c(=O)n(-c4ccc(O)cc4)cnc3c12. The smallest absolute Gasteiger partial charge is 0.308 e. The van der Waals surface area contributed by atoms with E-state index in [-0.39, 0.29) is 24.3 Å². The van der Waals surface area contributed by atoms with E-state index in [0.717, 1.165) is 31.8 Å². The summed E-state index contributed by atoms with van der Waals surface area (Å²) in [6.45, 7) is 1.34. The van der Waals surface area contributed by atoms with Crippen LogP contribution in [-0.4, -0.2) is 68.3 Å². The van der Waals surface area contributed by atoms with Crippen LogP contribution in [0.2, 0.25) is 0 Å². The number of hydrogen-bond acceptors (Lipinski definition) is 13. The summed E-state index contributed by atoms with van der Waals surface area (Å²) in [5.41, 5.74) is 4.29. The number of ether oxygens (including phenoxy) is 1.